The molecule has 0 radical (unpaired) electrons. The minimum absolute atomic E-state index is 0.245. The van der Waals surface area contributed by atoms with Gasteiger partial charge in [-0.25, -0.2) is 4.99 Å². The monoisotopic (exact) mass is 333 g/mol. The highest BCUT2D eigenvalue weighted by Crippen LogP contribution is 2.14. The molecule has 1 rings (SSSR count). The average Bonchev–Trinajstić information content (AvgIpc) is 2.51. The molecule has 0 spiro atoms. The highest BCUT2D eigenvalue weighted by molar-refractivity contribution is 5.79. The van der Waals surface area contributed by atoms with Crippen LogP contribution >= 0.6 is 0 Å². The van der Waals surface area contributed by atoms with E-state index < -0.39 is 0 Å². The van der Waals surface area contributed by atoms with Crippen molar-refractivity contribution < 1.29 is 5.11 Å². The Balaban J connectivity index is 2.67. The SMILES string of the molecule is CCNC(=NCc1ccc(C)cc1C)NCC(CCO)CC(C)C. The molecule has 0 fully saturated rings. The van der Waals surface area contributed by atoms with Gasteiger partial charge in [0.1, 0.15) is 0 Å². The van der Waals surface area contributed by atoms with Crippen molar-refractivity contribution in [2.75, 3.05) is 19.7 Å². The van der Waals surface area contributed by atoms with Crippen LogP contribution in [0.4, 0.5) is 0 Å². The smallest absolute Gasteiger partial charge is 0.191 e. The van der Waals surface area contributed by atoms with Gasteiger partial charge in [-0.2, -0.15) is 0 Å². The number of guanidine groups is 1. The van der Waals surface area contributed by atoms with Gasteiger partial charge in [-0.3, -0.25) is 0 Å². The van der Waals surface area contributed by atoms with Crippen LogP contribution in [0.2, 0.25) is 0 Å². The first-order valence-electron chi connectivity index (χ1n) is 9.15. The molecule has 0 saturated heterocycles. The maximum Gasteiger partial charge on any atom is 0.191 e. The first-order chi connectivity index (χ1) is 11.5. The second kappa shape index (κ2) is 11.1. The number of hydrogen-bond donors (Lipinski definition) is 3. The maximum absolute atomic E-state index is 9.25. The fourth-order valence-corrected chi connectivity index (χ4v) is 2.92. The number of aryl methyl sites for hydroxylation is 2. The third-order valence-electron chi connectivity index (χ3n) is 4.15. The molecule has 0 aromatic heterocycles. The van der Waals surface area contributed by atoms with Crippen LogP contribution in [0.15, 0.2) is 23.2 Å². The standard InChI is InChI=1S/C20H35N3O/c1-6-21-20(22-13-18(9-10-24)11-15(2)3)23-14-19-8-7-16(4)12-17(19)5/h7-8,12,15,18,24H,6,9-11,13-14H2,1-5H3,(H2,21,22,23). The van der Waals surface area contributed by atoms with E-state index in [9.17, 15) is 5.11 Å². The van der Waals surface area contributed by atoms with Gasteiger partial charge in [0.2, 0.25) is 0 Å². The van der Waals surface area contributed by atoms with Crippen molar-refractivity contribution in [3.05, 3.63) is 34.9 Å². The van der Waals surface area contributed by atoms with Crippen LogP contribution in [0.25, 0.3) is 0 Å². The molecular formula is C20H35N3O. The van der Waals surface area contributed by atoms with Gasteiger partial charge in [0.05, 0.1) is 6.54 Å². The van der Waals surface area contributed by atoms with Gasteiger partial charge >= 0.3 is 0 Å². The average molecular weight is 334 g/mol. The van der Waals surface area contributed by atoms with Gasteiger partial charge in [-0.15, -0.1) is 0 Å². The molecular weight excluding hydrogens is 298 g/mol. The molecule has 0 aliphatic heterocycles. The fourth-order valence-electron chi connectivity index (χ4n) is 2.92. The summed E-state index contributed by atoms with van der Waals surface area (Å²) in [4.78, 5) is 4.72. The number of aliphatic hydroxyl groups excluding tert-OH is 1. The van der Waals surface area contributed by atoms with Crippen LogP contribution in [0.5, 0.6) is 0 Å². The Morgan fingerprint density at radius 2 is 1.96 bits per heavy atom. The lowest BCUT2D eigenvalue weighted by Crippen LogP contribution is -2.40. The molecule has 0 bridgehead atoms. The zero-order valence-electron chi connectivity index (χ0n) is 16.0. The molecule has 0 aliphatic carbocycles. The molecule has 0 aliphatic rings. The Morgan fingerprint density at radius 1 is 1.21 bits per heavy atom. The third kappa shape index (κ3) is 7.82. The molecule has 4 heteroatoms. The maximum atomic E-state index is 9.25. The van der Waals surface area contributed by atoms with Crippen LogP contribution in [0.1, 0.15) is 50.3 Å². The number of aliphatic hydroxyl groups is 1. The summed E-state index contributed by atoms with van der Waals surface area (Å²) in [6.45, 7) is 13.4. The van der Waals surface area contributed by atoms with E-state index in [1.165, 1.54) is 16.7 Å². The molecule has 1 aromatic rings. The second-order valence-corrected chi connectivity index (χ2v) is 7.01. The minimum atomic E-state index is 0.245. The molecule has 0 heterocycles. The number of benzene rings is 1. The Hall–Kier alpha value is -1.55. The number of hydrogen-bond acceptors (Lipinski definition) is 2. The van der Waals surface area contributed by atoms with E-state index in [2.05, 4.69) is 63.5 Å². The van der Waals surface area contributed by atoms with Crippen LogP contribution in [-0.4, -0.2) is 30.8 Å². The Kier molecular flexibility index (Phi) is 9.46. The van der Waals surface area contributed by atoms with E-state index >= 15 is 0 Å². The number of rotatable bonds is 9. The normalized spacial score (nSPS) is 13.2. The van der Waals surface area contributed by atoms with E-state index in [-0.39, 0.29) is 6.61 Å². The van der Waals surface area contributed by atoms with Gasteiger partial charge in [0.15, 0.2) is 5.96 Å². The van der Waals surface area contributed by atoms with Gasteiger partial charge in [-0.05, 0) is 56.6 Å². The highest BCUT2D eigenvalue weighted by atomic mass is 16.3. The molecule has 1 atom stereocenters. The van der Waals surface area contributed by atoms with Crippen molar-refractivity contribution >= 4 is 5.96 Å². The Bertz CT molecular complexity index is 512. The summed E-state index contributed by atoms with van der Waals surface area (Å²) in [7, 11) is 0. The minimum Gasteiger partial charge on any atom is -0.396 e. The third-order valence-corrected chi connectivity index (χ3v) is 4.15. The quantitative estimate of drug-likeness (QED) is 0.479. The van der Waals surface area contributed by atoms with Crippen LogP contribution in [0, 0.1) is 25.7 Å². The fraction of sp³-hybridized carbons (Fsp3) is 0.650. The van der Waals surface area contributed by atoms with Crippen LogP contribution in [-0.2, 0) is 6.54 Å². The lowest BCUT2D eigenvalue weighted by atomic mass is 9.94. The number of aliphatic imine (C=N–C) groups is 1. The van der Waals surface area contributed by atoms with Crippen LogP contribution in [0.3, 0.4) is 0 Å². The lowest BCUT2D eigenvalue weighted by molar-refractivity contribution is 0.243. The first-order valence-corrected chi connectivity index (χ1v) is 9.15. The van der Waals surface area contributed by atoms with Crippen molar-refractivity contribution in [3.63, 3.8) is 0 Å². The van der Waals surface area contributed by atoms with E-state index in [1.807, 2.05) is 0 Å². The molecule has 0 saturated carbocycles. The summed E-state index contributed by atoms with van der Waals surface area (Å²) in [6.07, 6.45) is 1.95. The molecule has 1 aromatic carbocycles. The van der Waals surface area contributed by atoms with Gasteiger partial charge < -0.3 is 15.7 Å². The zero-order chi connectivity index (χ0) is 17.9. The Morgan fingerprint density at radius 3 is 2.54 bits per heavy atom. The predicted octanol–water partition coefficient (Wildman–Crippen LogP) is 3.40. The highest BCUT2D eigenvalue weighted by Gasteiger charge is 2.11. The molecule has 136 valence electrons. The van der Waals surface area contributed by atoms with Crippen molar-refractivity contribution in [1.29, 1.82) is 0 Å². The largest absolute Gasteiger partial charge is 0.396 e. The Labute approximate surface area is 147 Å². The number of nitrogens with zero attached hydrogens (tertiary/aromatic N) is 1. The molecule has 4 nitrogen and oxygen atoms in total. The van der Waals surface area contributed by atoms with E-state index in [1.54, 1.807) is 0 Å². The predicted molar refractivity (Wildman–Crippen MR) is 103 cm³/mol. The van der Waals surface area contributed by atoms with E-state index in [0.29, 0.717) is 18.4 Å². The summed E-state index contributed by atoms with van der Waals surface area (Å²) >= 11 is 0. The van der Waals surface area contributed by atoms with Gasteiger partial charge in [0.25, 0.3) is 0 Å². The van der Waals surface area contributed by atoms with E-state index in [0.717, 1.165) is 31.9 Å². The van der Waals surface area contributed by atoms with Gasteiger partial charge in [0, 0.05) is 19.7 Å². The first kappa shape index (κ1) is 20.5. The molecule has 1 unspecified atom stereocenters. The van der Waals surface area contributed by atoms with Crippen molar-refractivity contribution in [2.24, 2.45) is 16.8 Å². The van der Waals surface area contributed by atoms with Crippen LogP contribution < -0.4 is 10.6 Å². The summed E-state index contributed by atoms with van der Waals surface area (Å²) in [5.41, 5.74) is 3.82. The van der Waals surface area contributed by atoms with Crippen molar-refractivity contribution in [2.45, 2.75) is 54.0 Å². The summed E-state index contributed by atoms with van der Waals surface area (Å²) in [6, 6.07) is 6.49. The van der Waals surface area contributed by atoms with Gasteiger partial charge in [-0.1, -0.05) is 37.6 Å². The summed E-state index contributed by atoms with van der Waals surface area (Å²) in [5, 5.41) is 16.0. The molecule has 0 amide bonds. The zero-order valence-corrected chi connectivity index (χ0v) is 16.0. The lowest BCUT2D eigenvalue weighted by Gasteiger charge is -2.20. The topological polar surface area (TPSA) is 56.7 Å². The second-order valence-electron chi connectivity index (χ2n) is 7.01. The van der Waals surface area contributed by atoms with Crippen molar-refractivity contribution in [3.8, 4) is 0 Å². The molecule has 24 heavy (non-hydrogen) atoms. The summed E-state index contributed by atoms with van der Waals surface area (Å²) in [5.74, 6) is 1.96. The van der Waals surface area contributed by atoms with Crippen molar-refractivity contribution in [1.82, 2.24) is 10.6 Å². The molecule has 3 N–H and O–H groups in total. The summed E-state index contributed by atoms with van der Waals surface area (Å²) < 4.78 is 0. The van der Waals surface area contributed by atoms with E-state index in [4.69, 9.17) is 4.99 Å². The number of nitrogens with one attached hydrogen (secondary N) is 2.